The van der Waals surface area contributed by atoms with Crippen LogP contribution in [0.2, 0.25) is 0 Å². The van der Waals surface area contributed by atoms with E-state index < -0.39 is 0 Å². The summed E-state index contributed by atoms with van der Waals surface area (Å²) in [7, 11) is 0. The molecule has 4 aromatic heterocycles. The number of allylic oxidation sites excluding steroid dienone is 4. The van der Waals surface area contributed by atoms with Crippen molar-refractivity contribution in [3.05, 3.63) is 191 Å². The van der Waals surface area contributed by atoms with Crippen LogP contribution in [-0.2, 0) is 26.1 Å². The lowest BCUT2D eigenvalue weighted by Crippen LogP contribution is -2.48. The molecule has 1 unspecified atom stereocenters. The number of aromatic nitrogens is 4. The second kappa shape index (κ2) is 14.9. The van der Waals surface area contributed by atoms with E-state index in [0.717, 1.165) is 50.6 Å². The summed E-state index contributed by atoms with van der Waals surface area (Å²) < 4.78 is 23.4. The van der Waals surface area contributed by atoms with E-state index in [-0.39, 0.29) is 6.17 Å². The highest BCUT2D eigenvalue weighted by Gasteiger charge is 2.35. The Bertz CT molecular complexity index is 2380. The third-order valence-electron chi connectivity index (χ3n) is 9.28. The lowest BCUT2D eigenvalue weighted by Gasteiger charge is -2.41. The van der Waals surface area contributed by atoms with Crippen LogP contribution < -0.4 is 9.47 Å². The van der Waals surface area contributed by atoms with Crippen molar-refractivity contribution in [2.24, 2.45) is 4.99 Å². The first kappa shape index (κ1) is 32.9. The molecule has 266 valence electrons. The zero-order chi connectivity index (χ0) is 36.1. The van der Waals surface area contributed by atoms with Gasteiger partial charge in [0, 0.05) is 67.5 Å². The number of pyridine rings is 2. The topological polar surface area (TPSA) is 115 Å². The highest BCUT2D eigenvalue weighted by molar-refractivity contribution is 6.23. The maximum atomic E-state index is 5.93. The summed E-state index contributed by atoms with van der Waals surface area (Å²) in [5, 5.41) is 8.84. The van der Waals surface area contributed by atoms with Crippen molar-refractivity contribution in [3.63, 3.8) is 0 Å². The molecule has 6 aromatic rings. The van der Waals surface area contributed by atoms with E-state index in [2.05, 4.69) is 84.8 Å². The van der Waals surface area contributed by atoms with Gasteiger partial charge in [0.15, 0.2) is 17.7 Å². The summed E-state index contributed by atoms with van der Waals surface area (Å²) in [6.45, 7) is 1.52. The second-order valence-electron chi connectivity index (χ2n) is 13.1. The van der Waals surface area contributed by atoms with E-state index in [1.54, 1.807) is 12.4 Å². The van der Waals surface area contributed by atoms with Gasteiger partial charge in [0.1, 0.15) is 19.0 Å². The Morgan fingerprint density at radius 2 is 1.20 bits per heavy atom. The number of aliphatic imine (C=N–C) groups is 1. The number of amidine groups is 1. The van der Waals surface area contributed by atoms with Crippen molar-refractivity contribution in [2.75, 3.05) is 6.67 Å². The zero-order valence-corrected chi connectivity index (χ0v) is 29.2. The molecule has 11 heteroatoms. The normalized spacial score (nSPS) is 15.9. The smallest absolute Gasteiger partial charge is 0.213 e. The number of hydrogen-bond donors (Lipinski definition) is 0. The highest BCUT2D eigenvalue weighted by Crippen LogP contribution is 2.34. The van der Waals surface area contributed by atoms with Crippen LogP contribution in [0.3, 0.4) is 0 Å². The van der Waals surface area contributed by atoms with E-state index in [4.69, 9.17) is 23.5 Å². The molecule has 3 aliphatic heterocycles. The molecule has 0 spiro atoms. The number of hydrogen-bond acceptors (Lipinski definition) is 11. The van der Waals surface area contributed by atoms with Gasteiger partial charge in [0.25, 0.3) is 0 Å². The molecule has 9 rings (SSSR count). The van der Waals surface area contributed by atoms with Crippen LogP contribution in [0.25, 0.3) is 11.1 Å². The van der Waals surface area contributed by atoms with Crippen molar-refractivity contribution in [3.8, 4) is 11.8 Å². The quantitative estimate of drug-likeness (QED) is 0.126. The maximum absolute atomic E-state index is 5.93. The number of fused-ring (bicyclic) bond motifs is 2. The van der Waals surface area contributed by atoms with E-state index in [0.29, 0.717) is 56.0 Å². The molecule has 3 aliphatic rings. The molecule has 54 heavy (non-hydrogen) atoms. The maximum Gasteiger partial charge on any atom is 0.213 e. The third kappa shape index (κ3) is 7.33. The molecule has 7 heterocycles. The van der Waals surface area contributed by atoms with Gasteiger partial charge in [0.2, 0.25) is 11.8 Å². The highest BCUT2D eigenvalue weighted by atomic mass is 16.5. The molecule has 0 saturated carbocycles. The molecule has 0 amide bonds. The van der Waals surface area contributed by atoms with Gasteiger partial charge in [-0.2, -0.15) is 0 Å². The standard InChI is InChI=1S/C43H35N7O4/c1-3-19-44-40(9-1)51-27-32-15-11-30(12-16-32)23-34-25-38(53-47-34)36-7-5-21-49-29-50-22-6-8-37(43(50)46-42(36)49)39-26-35(48-54-39)24-31-13-17-33(18-14-31)28-52-41-10-2-4-20-45-41/h1-22,25-26,42H,23-24,27-29H2. The van der Waals surface area contributed by atoms with Crippen LogP contribution in [-0.4, -0.2) is 48.8 Å². The number of nitrogens with zero attached hydrogens (tertiary/aromatic N) is 7. The molecule has 0 aliphatic carbocycles. The molecular formula is C43H35N7O4. The average molecular weight is 714 g/mol. The number of rotatable bonds is 12. The monoisotopic (exact) mass is 713 g/mol. The van der Waals surface area contributed by atoms with E-state index >= 15 is 0 Å². The lowest BCUT2D eigenvalue weighted by atomic mass is 10.0. The van der Waals surface area contributed by atoms with Gasteiger partial charge in [0.05, 0.1) is 23.6 Å². The minimum Gasteiger partial charge on any atom is -0.473 e. The van der Waals surface area contributed by atoms with Crippen molar-refractivity contribution in [2.45, 2.75) is 32.2 Å². The predicted octanol–water partition coefficient (Wildman–Crippen LogP) is 7.61. The van der Waals surface area contributed by atoms with Gasteiger partial charge < -0.3 is 28.3 Å². The lowest BCUT2D eigenvalue weighted by molar-refractivity contribution is 0.233. The Morgan fingerprint density at radius 1 is 0.630 bits per heavy atom. The molecular weight excluding hydrogens is 679 g/mol. The van der Waals surface area contributed by atoms with Crippen LogP contribution in [0.1, 0.15) is 45.2 Å². The summed E-state index contributed by atoms with van der Waals surface area (Å²) in [5.41, 5.74) is 7.88. The first-order valence-electron chi connectivity index (χ1n) is 17.7. The SMILES string of the molecule is C1=CN2CN3C=CC=C(c4cc(Cc5ccc(COc6ccccn6)cc5)no4)C3N=C2C(c2cc(Cc3ccc(COc4ccccn4)cc3)no2)=C1. The van der Waals surface area contributed by atoms with Crippen molar-refractivity contribution in [1.82, 2.24) is 30.1 Å². The van der Waals surface area contributed by atoms with E-state index in [9.17, 15) is 0 Å². The fourth-order valence-corrected chi connectivity index (χ4v) is 6.52. The first-order valence-corrected chi connectivity index (χ1v) is 17.7. The van der Waals surface area contributed by atoms with Crippen LogP contribution in [0, 0.1) is 0 Å². The number of benzene rings is 2. The van der Waals surface area contributed by atoms with Crippen LogP contribution in [0.15, 0.2) is 160 Å². The molecule has 0 N–H and O–H groups in total. The Balaban J connectivity index is 0.860. The molecule has 0 radical (unpaired) electrons. The van der Waals surface area contributed by atoms with Crippen molar-refractivity contribution >= 4 is 17.0 Å². The number of ether oxygens (including phenoxy) is 2. The molecule has 11 nitrogen and oxygen atoms in total. The van der Waals surface area contributed by atoms with Crippen molar-refractivity contribution < 1.29 is 18.5 Å². The fourth-order valence-electron chi connectivity index (χ4n) is 6.52. The van der Waals surface area contributed by atoms with E-state index in [1.807, 2.05) is 79.0 Å². The zero-order valence-electron chi connectivity index (χ0n) is 29.2. The summed E-state index contributed by atoms with van der Waals surface area (Å²) >= 11 is 0. The summed E-state index contributed by atoms with van der Waals surface area (Å²) in [5.74, 6) is 3.38. The summed E-state index contributed by atoms with van der Waals surface area (Å²) in [6.07, 6.45) is 16.6. The largest absolute Gasteiger partial charge is 0.473 e. The van der Waals surface area contributed by atoms with Crippen LogP contribution >= 0.6 is 0 Å². The second-order valence-corrected chi connectivity index (χ2v) is 13.1. The molecule has 1 atom stereocenters. The third-order valence-corrected chi connectivity index (χ3v) is 9.28. The Morgan fingerprint density at radius 3 is 1.81 bits per heavy atom. The van der Waals surface area contributed by atoms with Gasteiger partial charge in [-0.05, 0) is 58.7 Å². The minimum atomic E-state index is -0.294. The van der Waals surface area contributed by atoms with E-state index in [1.165, 1.54) is 0 Å². The Hall–Kier alpha value is -7.01. The van der Waals surface area contributed by atoms with Gasteiger partial charge in [-0.1, -0.05) is 71.0 Å². The van der Waals surface area contributed by atoms with Crippen LogP contribution in [0.4, 0.5) is 0 Å². The van der Waals surface area contributed by atoms with Gasteiger partial charge >= 0.3 is 0 Å². The van der Waals surface area contributed by atoms with Gasteiger partial charge in [-0.3, -0.25) is 0 Å². The van der Waals surface area contributed by atoms with Gasteiger partial charge in [-0.25, -0.2) is 15.0 Å². The first-order chi connectivity index (χ1) is 26.7. The minimum absolute atomic E-state index is 0.294. The molecule has 0 fully saturated rings. The van der Waals surface area contributed by atoms with Gasteiger partial charge in [-0.15, -0.1) is 0 Å². The summed E-state index contributed by atoms with van der Waals surface area (Å²) in [4.78, 5) is 18.0. The Kier molecular flexibility index (Phi) is 9.08. The fraction of sp³-hybridized carbons (Fsp3) is 0.140. The molecule has 0 saturated heterocycles. The molecule has 0 bridgehead atoms. The van der Waals surface area contributed by atoms with Crippen LogP contribution in [0.5, 0.6) is 11.8 Å². The predicted molar refractivity (Wildman–Crippen MR) is 203 cm³/mol. The Labute approximate surface area is 311 Å². The van der Waals surface area contributed by atoms with Crippen molar-refractivity contribution in [1.29, 1.82) is 0 Å². The molecule has 2 aromatic carbocycles. The summed E-state index contributed by atoms with van der Waals surface area (Å²) in [6, 6.07) is 31.9. The average Bonchev–Trinajstić information content (AvgIpc) is 3.90.